The molecule has 2 saturated heterocycles. The number of pyridine rings is 1. The molecule has 1 amide bonds. The van der Waals surface area contributed by atoms with Crippen LogP contribution in [0.4, 0.5) is 30.2 Å². The third-order valence-electron chi connectivity index (χ3n) is 13.0. The number of nitrogens with zero attached hydrogens (tertiary/aromatic N) is 5. The second kappa shape index (κ2) is 19.6. The van der Waals surface area contributed by atoms with Crippen LogP contribution in [0.2, 0.25) is 5.02 Å². The molecule has 16 nitrogen and oxygen atoms in total. The van der Waals surface area contributed by atoms with Crippen molar-refractivity contribution in [2.45, 2.75) is 57.0 Å². The van der Waals surface area contributed by atoms with Gasteiger partial charge < -0.3 is 19.9 Å². The molecule has 1 unspecified atom stereocenters. The van der Waals surface area contributed by atoms with Gasteiger partial charge in [-0.1, -0.05) is 37.1 Å². The number of H-pyrrole nitrogens is 1. The van der Waals surface area contributed by atoms with Crippen LogP contribution in [-0.2, 0) is 26.2 Å². The molecule has 8 rings (SSSR count). The number of hydrogen-bond donors (Lipinski definition) is 3. The van der Waals surface area contributed by atoms with Gasteiger partial charge in [0.1, 0.15) is 22.8 Å². The van der Waals surface area contributed by atoms with Crippen molar-refractivity contribution in [1.82, 2.24) is 23.9 Å². The van der Waals surface area contributed by atoms with Gasteiger partial charge in [0, 0.05) is 86.8 Å². The molecule has 3 aromatic carbocycles. The number of benzene rings is 3. The molecule has 0 spiro atoms. The van der Waals surface area contributed by atoms with Crippen LogP contribution in [0.15, 0.2) is 89.6 Å². The highest BCUT2D eigenvalue weighted by Crippen LogP contribution is 2.46. The van der Waals surface area contributed by atoms with E-state index in [1.165, 1.54) is 28.7 Å². The number of nitro benzene ring substituents is 1. The number of allylic oxidation sites excluding steroid dienone is 1. The first-order valence-electron chi connectivity index (χ1n) is 22.4. The molecule has 1 atom stereocenters. The third-order valence-corrected chi connectivity index (χ3v) is 15.9. The van der Waals surface area contributed by atoms with Gasteiger partial charge in [-0.05, 0) is 103 Å². The van der Waals surface area contributed by atoms with Gasteiger partial charge in [-0.25, -0.2) is 30.8 Å². The largest absolute Gasteiger partial charge is 0.455 e. The summed E-state index contributed by atoms with van der Waals surface area (Å²) >= 11 is 6.53. The molecule has 2 aromatic heterocycles. The van der Waals surface area contributed by atoms with Crippen molar-refractivity contribution in [3.63, 3.8) is 0 Å². The summed E-state index contributed by atoms with van der Waals surface area (Å²) in [6.45, 7) is 8.14. The van der Waals surface area contributed by atoms with Gasteiger partial charge in [0.2, 0.25) is 10.0 Å². The number of piperazine rings is 1. The van der Waals surface area contributed by atoms with Gasteiger partial charge in [0.25, 0.3) is 21.6 Å². The predicted molar refractivity (Wildman–Crippen MR) is 258 cm³/mol. The number of halogens is 4. The number of nitrogens with one attached hydrogen (secondary N) is 3. The summed E-state index contributed by atoms with van der Waals surface area (Å²) in [6, 6.07) is 15.1. The molecule has 2 aliphatic heterocycles. The van der Waals surface area contributed by atoms with Gasteiger partial charge >= 0.3 is 6.18 Å². The van der Waals surface area contributed by atoms with E-state index in [-0.39, 0.29) is 52.2 Å². The quantitative estimate of drug-likeness (QED) is 0.0706. The minimum absolute atomic E-state index is 0.0232. The summed E-state index contributed by atoms with van der Waals surface area (Å²) in [6.07, 6.45) is 3.47. The summed E-state index contributed by atoms with van der Waals surface area (Å²) in [7, 11) is -8.10. The number of aromatic amines is 1. The zero-order chi connectivity index (χ0) is 49.5. The lowest BCUT2D eigenvalue weighted by atomic mass is 9.72. The molecule has 3 aliphatic rings. The van der Waals surface area contributed by atoms with Crippen LogP contribution >= 0.6 is 11.6 Å². The molecular formula is C47H52ClF3N8O8S2. The molecule has 4 heterocycles. The zero-order valence-electron chi connectivity index (χ0n) is 38.1. The molecule has 2 fully saturated rings. The minimum atomic E-state index is -4.69. The minimum Gasteiger partial charge on any atom is -0.455 e. The maximum atomic E-state index is 14.0. The van der Waals surface area contributed by atoms with Crippen LogP contribution in [0, 0.1) is 21.4 Å². The molecule has 1 aliphatic carbocycles. The monoisotopic (exact) mass is 1010 g/mol. The number of ether oxygens (including phenoxy) is 1. The van der Waals surface area contributed by atoms with Crippen LogP contribution in [0.3, 0.4) is 0 Å². The van der Waals surface area contributed by atoms with Gasteiger partial charge in [-0.15, -0.1) is 0 Å². The van der Waals surface area contributed by atoms with E-state index in [0.29, 0.717) is 75.4 Å². The average molecular weight is 1010 g/mol. The summed E-state index contributed by atoms with van der Waals surface area (Å²) in [4.78, 5) is 36.7. The SMILES string of the molecule is CC1(C)CCC(CN2CCN(c3ccc(C(=O)NS(=O)(=O)c4ccc(NCC5CCCN(S(C)(=O)=O)C5)c([N+](=O)[O-])c4)c(Oc4cnc5[nH]ccc5c4)c3)CC2)=C(c2ccc(C(F)(F)F)cc2Cl)C1. The van der Waals surface area contributed by atoms with Gasteiger partial charge in [-0.2, -0.15) is 13.2 Å². The Morgan fingerprint density at radius 3 is 2.49 bits per heavy atom. The van der Waals surface area contributed by atoms with Crippen LogP contribution in [0.5, 0.6) is 11.5 Å². The van der Waals surface area contributed by atoms with Crippen LogP contribution in [0.25, 0.3) is 16.6 Å². The second-order valence-electron chi connectivity index (χ2n) is 18.6. The lowest BCUT2D eigenvalue weighted by Crippen LogP contribution is -2.47. The summed E-state index contributed by atoms with van der Waals surface area (Å²) in [5.41, 5.74) is 2.50. The Bertz CT molecular complexity index is 3050. The number of nitro groups is 1. The first kappa shape index (κ1) is 49.7. The highest BCUT2D eigenvalue weighted by Gasteiger charge is 2.34. The number of carbonyl (C=O) groups is 1. The highest BCUT2D eigenvalue weighted by molar-refractivity contribution is 7.90. The van der Waals surface area contributed by atoms with E-state index in [9.17, 15) is 44.9 Å². The Hall–Kier alpha value is -5.74. The van der Waals surface area contributed by atoms with Crippen LogP contribution < -0.4 is 19.7 Å². The Balaban J connectivity index is 0.996. The molecule has 69 heavy (non-hydrogen) atoms. The molecular weight excluding hydrogens is 961 g/mol. The number of sulfonamides is 2. The first-order chi connectivity index (χ1) is 32.5. The second-order valence-corrected chi connectivity index (χ2v) is 22.7. The van der Waals surface area contributed by atoms with Crippen LogP contribution in [-0.4, -0.2) is 105 Å². The van der Waals surface area contributed by atoms with Crippen molar-refractivity contribution >= 4 is 71.2 Å². The molecule has 0 saturated carbocycles. The summed E-state index contributed by atoms with van der Waals surface area (Å²) in [5, 5.41) is 16.0. The predicted octanol–water partition coefficient (Wildman–Crippen LogP) is 8.92. The van der Waals surface area contributed by atoms with Crippen molar-refractivity contribution < 1.29 is 44.5 Å². The summed E-state index contributed by atoms with van der Waals surface area (Å²) in [5.74, 6) is -0.899. The lowest BCUT2D eigenvalue weighted by Gasteiger charge is -2.39. The molecule has 0 radical (unpaired) electrons. The fraction of sp³-hybridized carbons (Fsp3) is 0.404. The molecule has 0 bridgehead atoms. The van der Waals surface area contributed by atoms with E-state index in [1.807, 2.05) is 4.72 Å². The lowest BCUT2D eigenvalue weighted by molar-refractivity contribution is -0.384. The number of alkyl halides is 3. The van der Waals surface area contributed by atoms with E-state index < -0.39 is 53.2 Å². The number of carbonyl (C=O) groups excluding carboxylic acids is 1. The third kappa shape index (κ3) is 11.7. The topological polar surface area (TPSA) is 200 Å². The first-order valence-corrected chi connectivity index (χ1v) is 26.1. The smallest absolute Gasteiger partial charge is 0.416 e. The maximum Gasteiger partial charge on any atom is 0.416 e. The number of hydrogen-bond acceptors (Lipinski definition) is 12. The van der Waals surface area contributed by atoms with Crippen molar-refractivity contribution in [2.24, 2.45) is 11.3 Å². The fourth-order valence-corrected chi connectivity index (χ4v) is 11.4. The molecule has 368 valence electrons. The number of piperidine rings is 1. The zero-order valence-corrected chi connectivity index (χ0v) is 40.5. The Morgan fingerprint density at radius 1 is 1.01 bits per heavy atom. The Labute approximate surface area is 403 Å². The number of fused-ring (bicyclic) bond motifs is 1. The van der Waals surface area contributed by atoms with Gasteiger partial charge in [-0.3, -0.25) is 19.8 Å². The van der Waals surface area contributed by atoms with E-state index in [2.05, 4.69) is 38.9 Å². The van der Waals surface area contributed by atoms with Gasteiger partial charge in [0.05, 0.1) is 33.4 Å². The molecule has 3 N–H and O–H groups in total. The van der Waals surface area contributed by atoms with E-state index in [0.717, 1.165) is 59.9 Å². The summed E-state index contributed by atoms with van der Waals surface area (Å²) < 4.78 is 102. The average Bonchev–Trinajstić information content (AvgIpc) is 3.76. The molecule has 22 heteroatoms. The number of rotatable bonds is 14. The van der Waals surface area contributed by atoms with E-state index >= 15 is 0 Å². The van der Waals surface area contributed by atoms with E-state index in [4.69, 9.17) is 16.3 Å². The van der Waals surface area contributed by atoms with Crippen molar-refractivity contribution in [3.8, 4) is 11.5 Å². The van der Waals surface area contributed by atoms with Crippen molar-refractivity contribution in [3.05, 3.63) is 117 Å². The van der Waals surface area contributed by atoms with Crippen LogP contribution in [0.1, 0.15) is 67.4 Å². The Kier molecular flexibility index (Phi) is 14.1. The fourth-order valence-electron chi connectivity index (χ4n) is 9.21. The number of anilines is 2. The van der Waals surface area contributed by atoms with E-state index in [1.54, 1.807) is 30.5 Å². The molecule has 5 aromatic rings. The van der Waals surface area contributed by atoms with Crippen molar-refractivity contribution in [1.29, 1.82) is 0 Å². The van der Waals surface area contributed by atoms with Gasteiger partial charge in [0.15, 0.2) is 0 Å². The highest BCUT2D eigenvalue weighted by atomic mass is 35.5. The number of amides is 1. The maximum absolute atomic E-state index is 14.0. The normalized spacial score (nSPS) is 18.6. The Morgan fingerprint density at radius 2 is 1.78 bits per heavy atom. The number of aromatic nitrogens is 2. The van der Waals surface area contributed by atoms with Crippen molar-refractivity contribution in [2.75, 3.05) is 68.8 Å². The standard InChI is InChI=1S/C47H52ClF3N8O8S2/c1-46(2)14-12-32(39(25-46)37-9-6-33(22-40(37)48)47(49,50)51)29-56-17-19-57(20-18-56)34-7-10-38(43(23-34)67-35-21-31-13-15-52-44(31)54-27-35)45(60)55-69(65,66)36-8-11-41(42(24-36)59(61)62)53-26-30-5-4-16-58(28-30)68(3,63)64/h6-11,13,15,21-24,27,30,53H,4-5,12,14,16-20,25-26,28-29H2,1-3H3,(H,52,54)(H,55,60).